The molecule has 0 spiro atoms. The van der Waals surface area contributed by atoms with Gasteiger partial charge >= 0.3 is 0 Å². The van der Waals surface area contributed by atoms with Crippen LogP contribution in [0.4, 0.5) is 0 Å². The minimum Gasteiger partial charge on any atom is -0.497 e. The molecule has 3 rings (SSSR count). The van der Waals surface area contributed by atoms with Crippen LogP contribution in [-0.2, 0) is 19.4 Å². The molecular weight excluding hydrogens is 408 g/mol. The van der Waals surface area contributed by atoms with Gasteiger partial charge in [-0.05, 0) is 29.8 Å². The van der Waals surface area contributed by atoms with Crippen molar-refractivity contribution in [2.24, 2.45) is 0 Å². The summed E-state index contributed by atoms with van der Waals surface area (Å²) in [7, 11) is -1.69. The molecule has 2 amide bonds. The normalized spacial score (nSPS) is 22.5. The van der Waals surface area contributed by atoms with E-state index in [4.69, 9.17) is 17.0 Å². The van der Waals surface area contributed by atoms with Crippen LogP contribution in [0.2, 0.25) is 0 Å². The van der Waals surface area contributed by atoms with Crippen LogP contribution in [0.5, 0.6) is 5.75 Å². The fourth-order valence-electron chi connectivity index (χ4n) is 2.55. The van der Waals surface area contributed by atoms with E-state index in [0.29, 0.717) is 10.7 Å². The number of rotatable bonds is 5. The Hall–Kier alpha value is -2.17. The van der Waals surface area contributed by atoms with E-state index in [1.54, 1.807) is 25.3 Å². The van der Waals surface area contributed by atoms with Gasteiger partial charge in [-0.1, -0.05) is 36.1 Å². The molecule has 0 saturated carbocycles. The number of nitrogens with one attached hydrogen (secondary N) is 1. The summed E-state index contributed by atoms with van der Waals surface area (Å²) in [6.45, 7) is -0.255. The van der Waals surface area contributed by atoms with Crippen molar-refractivity contribution in [1.82, 2.24) is 10.2 Å². The highest BCUT2D eigenvalue weighted by Gasteiger charge is 2.34. The summed E-state index contributed by atoms with van der Waals surface area (Å²) in [5.74, 6) is -0.289. The van der Waals surface area contributed by atoms with Gasteiger partial charge in [-0.25, -0.2) is 8.42 Å². The monoisotopic (exact) mass is 424 g/mol. The molecule has 1 N–H and O–H groups in total. The highest BCUT2D eigenvalue weighted by atomic mass is 32.2. The zero-order valence-electron chi connectivity index (χ0n) is 14.2. The number of carbonyl (C=O) groups excluding carboxylic acids is 2. The number of sulfone groups is 1. The summed E-state index contributed by atoms with van der Waals surface area (Å²) in [4.78, 5) is 26.3. The molecule has 1 unspecified atom stereocenters. The molecule has 0 radical (unpaired) electrons. The lowest BCUT2D eigenvalue weighted by molar-refractivity contribution is -0.128. The number of carbonyl (C=O) groups is 2. The molecule has 1 aromatic rings. The predicted octanol–water partition coefficient (Wildman–Crippen LogP) is 1.32. The third kappa shape index (κ3) is 4.76. The maximum atomic E-state index is 12.6. The van der Waals surface area contributed by atoms with Gasteiger partial charge in [-0.2, -0.15) is 0 Å². The quantitative estimate of drug-likeness (QED) is 0.563. The molecule has 1 saturated heterocycles. The number of hydrogen-bond acceptors (Lipinski definition) is 7. The van der Waals surface area contributed by atoms with Crippen molar-refractivity contribution in [3.05, 3.63) is 46.2 Å². The smallest absolute Gasteiger partial charge is 0.266 e. The van der Waals surface area contributed by atoms with Gasteiger partial charge in [0.15, 0.2) is 9.84 Å². The highest BCUT2D eigenvalue weighted by molar-refractivity contribution is 8.26. The van der Waals surface area contributed by atoms with Gasteiger partial charge in [0.05, 0.1) is 23.8 Å². The van der Waals surface area contributed by atoms with Gasteiger partial charge in [0.1, 0.15) is 16.6 Å². The average Bonchev–Trinajstić information content (AvgIpc) is 3.09. The van der Waals surface area contributed by atoms with E-state index in [-0.39, 0.29) is 22.5 Å². The van der Waals surface area contributed by atoms with Crippen molar-refractivity contribution in [1.29, 1.82) is 0 Å². The highest BCUT2D eigenvalue weighted by Crippen LogP contribution is 2.32. The summed E-state index contributed by atoms with van der Waals surface area (Å²) >= 11 is 6.32. The third-order valence-corrected chi connectivity index (χ3v) is 6.64. The third-order valence-electron chi connectivity index (χ3n) is 3.87. The van der Waals surface area contributed by atoms with Gasteiger partial charge in [0, 0.05) is 5.41 Å². The second-order valence-electron chi connectivity index (χ2n) is 5.87. The number of hydrogen-bond donors (Lipinski definition) is 1. The van der Waals surface area contributed by atoms with Gasteiger partial charge in [-0.3, -0.25) is 14.5 Å². The maximum Gasteiger partial charge on any atom is 0.266 e. The Morgan fingerprint density at radius 2 is 2.11 bits per heavy atom. The van der Waals surface area contributed by atoms with Crippen molar-refractivity contribution < 1.29 is 22.7 Å². The molecule has 142 valence electrons. The van der Waals surface area contributed by atoms with Crippen molar-refractivity contribution >= 4 is 56.0 Å². The molecule has 0 aliphatic carbocycles. The first-order valence-corrected chi connectivity index (χ1v) is 10.8. The molecule has 7 nitrogen and oxygen atoms in total. The van der Waals surface area contributed by atoms with Gasteiger partial charge in [0.25, 0.3) is 5.91 Å². The number of thioether (sulfide) groups is 1. The standard InChI is InChI=1S/C17H16N2O5S3/c1-24-13-4-2-11(3-5-13)8-14-16(21)19(17(25)26-14)9-15(20)18-12-6-7-27(22,23)10-12/h2-8,12H,9-10H2,1H3,(H,18,20). The van der Waals surface area contributed by atoms with Gasteiger partial charge < -0.3 is 10.1 Å². The average molecular weight is 425 g/mol. The molecule has 1 fully saturated rings. The van der Waals surface area contributed by atoms with Gasteiger partial charge in [0.2, 0.25) is 5.91 Å². The van der Waals surface area contributed by atoms with Crippen LogP contribution in [0.25, 0.3) is 6.08 Å². The second-order valence-corrected chi connectivity index (χ2v) is 9.48. The molecule has 1 aromatic carbocycles. The van der Waals surface area contributed by atoms with Crippen LogP contribution in [-0.4, -0.2) is 54.9 Å². The molecule has 10 heteroatoms. The van der Waals surface area contributed by atoms with E-state index in [1.807, 2.05) is 12.1 Å². The largest absolute Gasteiger partial charge is 0.497 e. The summed E-state index contributed by atoms with van der Waals surface area (Å²) in [5.41, 5.74) is 0.807. The molecule has 27 heavy (non-hydrogen) atoms. The topological polar surface area (TPSA) is 92.8 Å². The zero-order valence-corrected chi connectivity index (χ0v) is 16.7. The zero-order chi connectivity index (χ0) is 19.6. The van der Waals surface area contributed by atoms with Crippen LogP contribution in [0.3, 0.4) is 0 Å². The van der Waals surface area contributed by atoms with Crippen LogP contribution in [0.15, 0.2) is 40.7 Å². The van der Waals surface area contributed by atoms with Crippen molar-refractivity contribution in [3.63, 3.8) is 0 Å². The number of benzene rings is 1. The van der Waals surface area contributed by atoms with Crippen molar-refractivity contribution in [2.75, 3.05) is 19.4 Å². The Kier molecular flexibility index (Phi) is 5.68. The maximum absolute atomic E-state index is 12.6. The van der Waals surface area contributed by atoms with Crippen LogP contribution < -0.4 is 10.1 Å². The number of amides is 2. The Morgan fingerprint density at radius 3 is 2.70 bits per heavy atom. The van der Waals surface area contributed by atoms with Crippen LogP contribution in [0, 0.1) is 0 Å². The lowest BCUT2D eigenvalue weighted by atomic mass is 10.2. The summed E-state index contributed by atoms with van der Waals surface area (Å²) in [5, 5.41) is 3.66. The van der Waals surface area contributed by atoms with E-state index in [1.165, 1.54) is 11.0 Å². The van der Waals surface area contributed by atoms with E-state index in [0.717, 1.165) is 22.7 Å². The van der Waals surface area contributed by atoms with Crippen molar-refractivity contribution in [3.8, 4) is 5.75 Å². The number of methoxy groups -OCH3 is 1. The Labute approximate surface area is 166 Å². The molecular formula is C17H16N2O5S3. The number of nitrogens with zero attached hydrogens (tertiary/aromatic N) is 1. The Balaban J connectivity index is 1.64. The second kappa shape index (κ2) is 7.83. The van der Waals surface area contributed by atoms with E-state index in [2.05, 4.69) is 5.32 Å². The SMILES string of the molecule is COc1ccc(C=C2SC(=S)N(CC(=O)NC3C=CS(=O)(=O)C3)C2=O)cc1. The van der Waals surface area contributed by atoms with Crippen LogP contribution >= 0.6 is 24.0 Å². The lowest BCUT2D eigenvalue weighted by Crippen LogP contribution is -2.43. The summed E-state index contributed by atoms with van der Waals surface area (Å²) < 4.78 is 28.2. The van der Waals surface area contributed by atoms with Gasteiger partial charge in [-0.15, -0.1) is 0 Å². The molecule has 1 atom stereocenters. The Bertz CT molecular complexity index is 951. The van der Waals surface area contributed by atoms with E-state index < -0.39 is 21.8 Å². The predicted molar refractivity (Wildman–Crippen MR) is 108 cm³/mol. The molecule has 0 aromatic heterocycles. The summed E-state index contributed by atoms with van der Waals surface area (Å²) in [6, 6.07) is 6.60. The van der Waals surface area contributed by atoms with E-state index >= 15 is 0 Å². The lowest BCUT2D eigenvalue weighted by Gasteiger charge is -2.16. The first kappa shape index (κ1) is 19.6. The fourth-order valence-corrected chi connectivity index (χ4v) is 5.04. The Morgan fingerprint density at radius 1 is 1.41 bits per heavy atom. The number of thiocarbonyl (C=S) groups is 1. The molecule has 0 bridgehead atoms. The molecule has 2 heterocycles. The van der Waals surface area contributed by atoms with Crippen molar-refractivity contribution in [2.45, 2.75) is 6.04 Å². The fraction of sp³-hybridized carbons (Fsp3) is 0.235. The first-order valence-electron chi connectivity index (χ1n) is 7.87. The minimum atomic E-state index is -3.26. The van der Waals surface area contributed by atoms with E-state index in [9.17, 15) is 18.0 Å². The summed E-state index contributed by atoms with van der Waals surface area (Å²) in [6.07, 6.45) is 3.12. The minimum absolute atomic E-state index is 0.172. The molecule has 2 aliphatic rings. The molecule has 2 aliphatic heterocycles. The number of ether oxygens (including phenoxy) is 1. The van der Waals surface area contributed by atoms with Crippen LogP contribution in [0.1, 0.15) is 5.56 Å². The first-order chi connectivity index (χ1) is 12.8.